The Balaban J connectivity index is 1.56. The van der Waals surface area contributed by atoms with Gasteiger partial charge in [0.25, 0.3) is 5.91 Å². The van der Waals surface area contributed by atoms with Crippen molar-refractivity contribution in [3.05, 3.63) is 89.1 Å². The number of hydrogen-bond acceptors (Lipinski definition) is 10. The van der Waals surface area contributed by atoms with Crippen molar-refractivity contribution in [2.75, 3.05) is 27.4 Å². The maximum atomic E-state index is 14.2. The van der Waals surface area contributed by atoms with Crippen LogP contribution in [0.3, 0.4) is 0 Å². The van der Waals surface area contributed by atoms with Crippen molar-refractivity contribution in [3.63, 3.8) is 0 Å². The number of aromatic nitrogens is 1. The minimum Gasteiger partial charge on any atom is -0.497 e. The van der Waals surface area contributed by atoms with Gasteiger partial charge in [-0.1, -0.05) is 37.2 Å². The van der Waals surface area contributed by atoms with E-state index in [0.717, 1.165) is 12.0 Å². The van der Waals surface area contributed by atoms with Crippen molar-refractivity contribution in [2.24, 2.45) is 17.8 Å². The van der Waals surface area contributed by atoms with E-state index in [1.165, 1.54) is 30.4 Å². The molecule has 1 aliphatic heterocycles. The van der Waals surface area contributed by atoms with Crippen LogP contribution in [0.5, 0.6) is 11.5 Å². The van der Waals surface area contributed by atoms with E-state index in [0.29, 0.717) is 42.3 Å². The van der Waals surface area contributed by atoms with Crippen LogP contribution in [-0.4, -0.2) is 79.0 Å². The number of carbonyl (C=O) groups excluding carboxylic acids is 5. The first kappa shape index (κ1) is 42.2. The fourth-order valence-corrected chi connectivity index (χ4v) is 6.60. The van der Waals surface area contributed by atoms with E-state index >= 15 is 0 Å². The standard InChI is InChI=1S/C41H51FN4O9/c1-7-54-37(48)17-15-32(21-28-9-8-18-46(41(28)51)24-29-12-16-33(52-5)23-36(29)53-6)43-39(49)30(20-27-10-13-31(42)14-11-27)22-35(47)38(25(2)3)44-40(50)34-19-26(4)55-45-34/h10-17,19,23,25,28,30,32,38H,7-9,18,20-22,24H2,1-6H3,(H,43,49)(H,44,50)/b17-15+/t28-,30+,32+,38-/m0/s1. The van der Waals surface area contributed by atoms with Gasteiger partial charge in [0, 0.05) is 61.2 Å². The Bertz CT molecular complexity index is 1820. The molecule has 3 aromatic rings. The summed E-state index contributed by atoms with van der Waals surface area (Å²) in [7, 11) is 3.12. The molecule has 55 heavy (non-hydrogen) atoms. The van der Waals surface area contributed by atoms with Crippen LogP contribution >= 0.6 is 0 Å². The number of benzene rings is 2. The third-order valence-electron chi connectivity index (χ3n) is 9.49. The first-order valence-corrected chi connectivity index (χ1v) is 18.5. The molecule has 1 saturated heterocycles. The average Bonchev–Trinajstić information content (AvgIpc) is 3.61. The molecule has 0 saturated carbocycles. The number of nitrogens with zero attached hydrogens (tertiary/aromatic N) is 2. The molecule has 3 amide bonds. The maximum Gasteiger partial charge on any atom is 0.330 e. The molecule has 296 valence electrons. The average molecular weight is 763 g/mol. The van der Waals surface area contributed by atoms with Gasteiger partial charge in [-0.3, -0.25) is 19.2 Å². The molecule has 4 atom stereocenters. The number of Topliss-reactive ketones (excluding diaryl/α,β-unsaturated/α-hetero) is 1. The largest absolute Gasteiger partial charge is 0.497 e. The summed E-state index contributed by atoms with van der Waals surface area (Å²) < 4.78 is 34.8. The van der Waals surface area contributed by atoms with Crippen LogP contribution in [0.15, 0.2) is 65.2 Å². The van der Waals surface area contributed by atoms with E-state index in [2.05, 4.69) is 15.8 Å². The van der Waals surface area contributed by atoms with E-state index in [9.17, 15) is 28.4 Å². The number of halogens is 1. The lowest BCUT2D eigenvalue weighted by Crippen LogP contribution is -2.47. The lowest BCUT2D eigenvalue weighted by atomic mass is 9.87. The highest BCUT2D eigenvalue weighted by Crippen LogP contribution is 2.30. The van der Waals surface area contributed by atoms with Gasteiger partial charge < -0.3 is 34.3 Å². The van der Waals surface area contributed by atoms with Crippen LogP contribution in [0.4, 0.5) is 4.39 Å². The normalized spacial score (nSPS) is 16.0. The Hall–Kier alpha value is -5.53. The second kappa shape index (κ2) is 20.2. The van der Waals surface area contributed by atoms with Crippen LogP contribution in [0.1, 0.15) is 73.8 Å². The number of rotatable bonds is 19. The Morgan fingerprint density at radius 3 is 2.44 bits per heavy atom. The van der Waals surface area contributed by atoms with Gasteiger partial charge in [0.2, 0.25) is 11.8 Å². The zero-order chi connectivity index (χ0) is 40.1. The number of piperidine rings is 1. The summed E-state index contributed by atoms with van der Waals surface area (Å²) in [5.41, 5.74) is 1.44. The Kier molecular flexibility index (Phi) is 15.5. The van der Waals surface area contributed by atoms with E-state index in [4.69, 9.17) is 18.7 Å². The lowest BCUT2D eigenvalue weighted by molar-refractivity contribution is -0.140. The number of nitrogens with one attached hydrogen (secondary N) is 2. The molecule has 1 aliphatic rings. The molecule has 14 heteroatoms. The molecule has 2 heterocycles. The molecular formula is C41H51FN4O9. The molecule has 2 N–H and O–H groups in total. The van der Waals surface area contributed by atoms with Crippen molar-refractivity contribution in [2.45, 2.75) is 78.4 Å². The highest BCUT2D eigenvalue weighted by molar-refractivity contribution is 5.97. The summed E-state index contributed by atoms with van der Waals surface area (Å²) in [5, 5.41) is 9.44. The number of aryl methyl sites for hydroxylation is 1. The first-order chi connectivity index (χ1) is 26.3. The molecule has 0 bridgehead atoms. The number of methoxy groups -OCH3 is 2. The maximum absolute atomic E-state index is 14.2. The minimum atomic E-state index is -0.956. The number of esters is 1. The number of likely N-dealkylation sites (tertiary alicyclic amines) is 1. The van der Waals surface area contributed by atoms with Crippen molar-refractivity contribution < 1.29 is 47.1 Å². The molecule has 1 fully saturated rings. The van der Waals surface area contributed by atoms with Crippen LogP contribution in [0.25, 0.3) is 0 Å². The number of carbonyl (C=O) groups is 5. The van der Waals surface area contributed by atoms with Crippen molar-refractivity contribution in [1.82, 2.24) is 20.7 Å². The Morgan fingerprint density at radius 2 is 1.80 bits per heavy atom. The van der Waals surface area contributed by atoms with Gasteiger partial charge >= 0.3 is 5.97 Å². The molecule has 4 rings (SSSR count). The van der Waals surface area contributed by atoms with Gasteiger partial charge in [-0.2, -0.15) is 0 Å². The zero-order valence-electron chi connectivity index (χ0n) is 32.3. The summed E-state index contributed by atoms with van der Waals surface area (Å²) in [6.45, 7) is 7.86. The number of hydrogen-bond donors (Lipinski definition) is 2. The summed E-state index contributed by atoms with van der Waals surface area (Å²) in [5.74, 6) is -2.81. The second-order valence-corrected chi connectivity index (χ2v) is 14.0. The van der Waals surface area contributed by atoms with Gasteiger partial charge in [0.05, 0.1) is 26.9 Å². The van der Waals surface area contributed by atoms with Gasteiger partial charge in [-0.15, -0.1) is 0 Å². The fraction of sp³-hybridized carbons (Fsp3) is 0.463. The van der Waals surface area contributed by atoms with Gasteiger partial charge in [-0.05, 0) is 75.3 Å². The van der Waals surface area contributed by atoms with Crippen molar-refractivity contribution in [3.8, 4) is 11.5 Å². The topological polar surface area (TPSA) is 166 Å². The Labute approximate surface area is 320 Å². The van der Waals surface area contributed by atoms with Crippen molar-refractivity contribution in [1.29, 1.82) is 0 Å². The van der Waals surface area contributed by atoms with E-state index in [1.807, 2.05) is 6.07 Å². The molecule has 0 spiro atoms. The quantitative estimate of drug-likeness (QED) is 0.123. The van der Waals surface area contributed by atoms with E-state index in [1.54, 1.807) is 71.1 Å². The van der Waals surface area contributed by atoms with E-state index in [-0.39, 0.29) is 43.4 Å². The fourth-order valence-electron chi connectivity index (χ4n) is 6.60. The SMILES string of the molecule is CCOC(=O)/C=C/[C@H](C[C@@H]1CCCN(Cc2ccc(OC)cc2OC)C1=O)NC(=O)[C@@H](CC(=O)[C@@H](NC(=O)c1cc(C)on1)C(C)C)Cc1ccc(F)cc1. The van der Waals surface area contributed by atoms with Gasteiger partial charge in [0.1, 0.15) is 23.1 Å². The van der Waals surface area contributed by atoms with Crippen LogP contribution in [0.2, 0.25) is 0 Å². The molecule has 13 nitrogen and oxygen atoms in total. The van der Waals surface area contributed by atoms with E-state index < -0.39 is 53.3 Å². The Morgan fingerprint density at radius 1 is 1.05 bits per heavy atom. The second-order valence-electron chi connectivity index (χ2n) is 14.0. The first-order valence-electron chi connectivity index (χ1n) is 18.5. The monoisotopic (exact) mass is 762 g/mol. The molecular weight excluding hydrogens is 711 g/mol. The highest BCUT2D eigenvalue weighted by atomic mass is 19.1. The van der Waals surface area contributed by atoms with Crippen LogP contribution in [0, 0.1) is 30.5 Å². The van der Waals surface area contributed by atoms with Crippen LogP contribution < -0.4 is 20.1 Å². The zero-order valence-corrected chi connectivity index (χ0v) is 32.3. The third-order valence-corrected chi connectivity index (χ3v) is 9.49. The van der Waals surface area contributed by atoms with Crippen molar-refractivity contribution >= 4 is 29.5 Å². The number of ether oxygens (including phenoxy) is 3. The van der Waals surface area contributed by atoms with Gasteiger partial charge in [-0.25, -0.2) is 9.18 Å². The molecule has 0 radical (unpaired) electrons. The summed E-state index contributed by atoms with van der Waals surface area (Å²) in [4.78, 5) is 69.1. The summed E-state index contributed by atoms with van der Waals surface area (Å²) in [6, 6.07) is 10.8. The predicted octanol–water partition coefficient (Wildman–Crippen LogP) is 5.14. The minimum absolute atomic E-state index is 0.0201. The molecule has 0 aliphatic carbocycles. The summed E-state index contributed by atoms with van der Waals surface area (Å²) >= 11 is 0. The summed E-state index contributed by atoms with van der Waals surface area (Å²) in [6.07, 6.45) is 3.99. The number of amides is 3. The lowest BCUT2D eigenvalue weighted by Gasteiger charge is -2.34. The molecule has 1 aromatic heterocycles. The molecule has 2 aromatic carbocycles. The molecule has 0 unspecified atom stereocenters. The highest BCUT2D eigenvalue weighted by Gasteiger charge is 2.34. The van der Waals surface area contributed by atoms with Crippen LogP contribution in [-0.2, 0) is 36.9 Å². The number of ketones is 1. The smallest absolute Gasteiger partial charge is 0.330 e. The predicted molar refractivity (Wildman–Crippen MR) is 201 cm³/mol. The third kappa shape index (κ3) is 12.2. The van der Waals surface area contributed by atoms with Gasteiger partial charge in [0.15, 0.2) is 11.5 Å².